The lowest BCUT2D eigenvalue weighted by Gasteiger charge is -2.02. The van der Waals surface area contributed by atoms with E-state index in [1.54, 1.807) is 0 Å². The van der Waals surface area contributed by atoms with Gasteiger partial charge < -0.3 is 4.74 Å². The van der Waals surface area contributed by atoms with Gasteiger partial charge in [0, 0.05) is 12.0 Å². The fraction of sp³-hybridized carbons (Fsp3) is 0.625. The number of alkyl halides is 1. The molecule has 0 N–H and O–H groups in total. The molecule has 0 aromatic carbocycles. The maximum atomic E-state index is 10.5. The highest BCUT2D eigenvalue weighted by Crippen LogP contribution is 1.88. The van der Waals surface area contributed by atoms with Crippen molar-refractivity contribution >= 4 is 17.6 Å². The molecule has 0 atom stereocenters. The second-order valence-corrected chi connectivity index (χ2v) is 2.44. The Morgan fingerprint density at radius 3 is 2.62 bits per heavy atom. The molecule has 0 radical (unpaired) electrons. The van der Waals surface area contributed by atoms with E-state index >= 15 is 0 Å². The molecule has 0 bridgehead atoms. The fourth-order valence-corrected chi connectivity index (χ4v) is 0.576. The summed E-state index contributed by atoms with van der Waals surface area (Å²) in [6.07, 6.45) is 1.82. The van der Waals surface area contributed by atoms with Gasteiger partial charge in [0.25, 0.3) is 0 Å². The van der Waals surface area contributed by atoms with Gasteiger partial charge >= 0.3 is 5.97 Å². The summed E-state index contributed by atoms with van der Waals surface area (Å²) in [5.74, 6) is 0.0683. The third-order valence-corrected chi connectivity index (χ3v) is 1.29. The van der Waals surface area contributed by atoms with Crippen LogP contribution in [0.15, 0.2) is 12.7 Å². The third kappa shape index (κ3) is 9.33. The first-order valence-electron chi connectivity index (χ1n) is 3.91. The zero-order valence-electron chi connectivity index (χ0n) is 7.33. The molecule has 76 valence electrons. The van der Waals surface area contributed by atoms with Crippen LogP contribution in [0.1, 0.15) is 6.42 Å². The topological polar surface area (TPSA) is 44.8 Å². The molecule has 0 aromatic rings. The highest BCUT2D eigenvalue weighted by atomic mass is 35.5. The monoisotopic (exact) mass is 208 g/mol. The lowest BCUT2D eigenvalue weighted by Crippen LogP contribution is -2.09. The van der Waals surface area contributed by atoms with Gasteiger partial charge in [-0.25, -0.2) is 14.6 Å². The predicted octanol–water partition coefficient (Wildman–Crippen LogP) is 1.29. The summed E-state index contributed by atoms with van der Waals surface area (Å²) >= 11 is 5.39. The predicted molar refractivity (Wildman–Crippen MR) is 48.4 cm³/mol. The van der Waals surface area contributed by atoms with Crippen molar-refractivity contribution in [1.82, 2.24) is 0 Å². The molecule has 0 aliphatic carbocycles. The summed E-state index contributed by atoms with van der Waals surface area (Å²) in [5.41, 5.74) is 0. The van der Waals surface area contributed by atoms with Crippen LogP contribution in [-0.4, -0.2) is 31.7 Å². The summed E-state index contributed by atoms with van der Waals surface area (Å²) in [7, 11) is 0. The van der Waals surface area contributed by atoms with Crippen molar-refractivity contribution in [2.24, 2.45) is 0 Å². The molecule has 0 spiro atoms. The Labute approximate surface area is 82.3 Å². The van der Waals surface area contributed by atoms with Crippen molar-refractivity contribution < 1.29 is 19.3 Å². The van der Waals surface area contributed by atoms with E-state index in [1.165, 1.54) is 0 Å². The minimum Gasteiger partial charge on any atom is -0.460 e. The van der Waals surface area contributed by atoms with Crippen molar-refractivity contribution in [2.75, 3.05) is 25.7 Å². The highest BCUT2D eigenvalue weighted by Gasteiger charge is 1.94. The number of hydrogen-bond donors (Lipinski definition) is 0. The molecule has 0 heterocycles. The van der Waals surface area contributed by atoms with Gasteiger partial charge in [-0.15, -0.1) is 11.6 Å². The first-order valence-corrected chi connectivity index (χ1v) is 4.44. The quantitative estimate of drug-likeness (QED) is 0.151. The molecule has 5 heteroatoms. The first kappa shape index (κ1) is 12.4. The zero-order chi connectivity index (χ0) is 9.94. The van der Waals surface area contributed by atoms with E-state index in [9.17, 15) is 4.79 Å². The van der Waals surface area contributed by atoms with Gasteiger partial charge in [-0.1, -0.05) is 6.58 Å². The highest BCUT2D eigenvalue weighted by molar-refractivity contribution is 6.17. The molecule has 0 fully saturated rings. The van der Waals surface area contributed by atoms with Crippen LogP contribution in [0.25, 0.3) is 0 Å². The van der Waals surface area contributed by atoms with Gasteiger partial charge in [-0.3, -0.25) is 0 Å². The summed E-state index contributed by atoms with van der Waals surface area (Å²) in [6, 6.07) is 0. The Balaban J connectivity index is 2.99. The molecule has 0 saturated heterocycles. The van der Waals surface area contributed by atoms with Crippen LogP contribution in [0.3, 0.4) is 0 Å². The summed E-state index contributed by atoms with van der Waals surface area (Å²) in [6.45, 7) is 4.05. The maximum absolute atomic E-state index is 10.5. The molecule has 0 aliphatic rings. The van der Waals surface area contributed by atoms with E-state index in [1.807, 2.05) is 0 Å². The molecule has 0 amide bonds. The van der Waals surface area contributed by atoms with E-state index in [2.05, 4.69) is 21.1 Å². The summed E-state index contributed by atoms with van der Waals surface area (Å²) in [5, 5.41) is 0. The standard InChI is InChI=1S/C8H13ClO4/c1-2-8(10)11-6-7-13-12-5-3-4-9/h2H,1,3-7H2. The largest absolute Gasteiger partial charge is 0.460 e. The number of esters is 1. The van der Waals surface area contributed by atoms with Gasteiger partial charge in [-0.05, 0) is 6.42 Å². The maximum Gasteiger partial charge on any atom is 0.330 e. The smallest absolute Gasteiger partial charge is 0.330 e. The normalized spacial score (nSPS) is 9.62. The van der Waals surface area contributed by atoms with Gasteiger partial charge in [-0.2, -0.15) is 0 Å². The molecule has 0 rings (SSSR count). The second kappa shape index (κ2) is 9.51. The van der Waals surface area contributed by atoms with Crippen molar-refractivity contribution in [1.29, 1.82) is 0 Å². The Morgan fingerprint density at radius 1 is 1.31 bits per heavy atom. The van der Waals surface area contributed by atoms with Gasteiger partial charge in [0.05, 0.1) is 6.61 Å². The Bertz CT molecular complexity index is 149. The van der Waals surface area contributed by atoms with Gasteiger partial charge in [0.2, 0.25) is 0 Å². The number of carbonyl (C=O) groups is 1. The molecule has 0 saturated carbocycles. The Hall–Kier alpha value is -0.580. The van der Waals surface area contributed by atoms with E-state index in [-0.39, 0.29) is 13.2 Å². The molecule has 0 aromatic heterocycles. The van der Waals surface area contributed by atoms with E-state index in [0.29, 0.717) is 12.5 Å². The zero-order valence-corrected chi connectivity index (χ0v) is 8.09. The van der Waals surface area contributed by atoms with E-state index in [4.69, 9.17) is 11.6 Å². The minimum absolute atomic E-state index is 0.158. The van der Waals surface area contributed by atoms with E-state index < -0.39 is 5.97 Å². The van der Waals surface area contributed by atoms with E-state index in [0.717, 1.165) is 12.5 Å². The summed E-state index contributed by atoms with van der Waals surface area (Å²) < 4.78 is 4.61. The van der Waals surface area contributed by atoms with Crippen LogP contribution in [-0.2, 0) is 19.3 Å². The molecule has 0 unspecified atom stereocenters. The Morgan fingerprint density at radius 2 is 2.00 bits per heavy atom. The molecular weight excluding hydrogens is 196 g/mol. The number of hydrogen-bond acceptors (Lipinski definition) is 4. The number of ether oxygens (including phenoxy) is 1. The van der Waals surface area contributed by atoms with Crippen molar-refractivity contribution in [3.8, 4) is 0 Å². The van der Waals surface area contributed by atoms with Crippen LogP contribution in [0.2, 0.25) is 0 Å². The molecule has 13 heavy (non-hydrogen) atoms. The number of carbonyl (C=O) groups excluding carboxylic acids is 1. The van der Waals surface area contributed by atoms with Crippen LogP contribution < -0.4 is 0 Å². The Kier molecular flexibility index (Phi) is 9.08. The van der Waals surface area contributed by atoms with Gasteiger partial charge in [0.1, 0.15) is 13.2 Å². The third-order valence-electron chi connectivity index (χ3n) is 1.02. The number of halogens is 1. The average Bonchev–Trinajstić information content (AvgIpc) is 2.16. The molecule has 0 aliphatic heterocycles. The first-order chi connectivity index (χ1) is 6.31. The second-order valence-electron chi connectivity index (χ2n) is 2.06. The van der Waals surface area contributed by atoms with Crippen molar-refractivity contribution in [2.45, 2.75) is 6.42 Å². The van der Waals surface area contributed by atoms with Crippen LogP contribution in [0.4, 0.5) is 0 Å². The lowest BCUT2D eigenvalue weighted by molar-refractivity contribution is -0.297. The fourth-order valence-electron chi connectivity index (χ4n) is 0.467. The SMILES string of the molecule is C=CC(=O)OCCOOCCCCl. The van der Waals surface area contributed by atoms with Crippen LogP contribution >= 0.6 is 11.6 Å². The summed E-state index contributed by atoms with van der Waals surface area (Å²) in [4.78, 5) is 19.8. The molecule has 4 nitrogen and oxygen atoms in total. The van der Waals surface area contributed by atoms with Crippen molar-refractivity contribution in [3.05, 3.63) is 12.7 Å². The lowest BCUT2D eigenvalue weighted by atomic mass is 10.5. The van der Waals surface area contributed by atoms with Crippen LogP contribution in [0, 0.1) is 0 Å². The molecular formula is C8H13ClO4. The van der Waals surface area contributed by atoms with Crippen LogP contribution in [0.5, 0.6) is 0 Å². The van der Waals surface area contributed by atoms with Gasteiger partial charge in [0.15, 0.2) is 0 Å². The number of rotatable bonds is 8. The minimum atomic E-state index is -0.468. The van der Waals surface area contributed by atoms with Crippen molar-refractivity contribution in [3.63, 3.8) is 0 Å². The average molecular weight is 209 g/mol.